The third-order valence-electron chi connectivity index (χ3n) is 4.00. The molecule has 8 heteroatoms. The number of hydrogen-bond acceptors (Lipinski definition) is 4. The van der Waals surface area contributed by atoms with E-state index in [9.17, 15) is 23.1 Å². The first-order chi connectivity index (χ1) is 12.9. The second kappa shape index (κ2) is 9.27. The van der Waals surface area contributed by atoms with Crippen LogP contribution in [0.15, 0.2) is 42.5 Å². The Morgan fingerprint density at radius 1 is 1.19 bits per heavy atom. The Bertz CT molecular complexity index is 785. The van der Waals surface area contributed by atoms with Gasteiger partial charge in [-0.1, -0.05) is 25.1 Å². The second-order valence-corrected chi connectivity index (χ2v) is 5.70. The number of benzene rings is 2. The largest absolute Gasteiger partial charge is 0.493 e. The molecule has 0 unspecified atom stereocenters. The molecule has 2 N–H and O–H groups in total. The van der Waals surface area contributed by atoms with E-state index in [1.807, 2.05) is 0 Å². The standard InChI is InChI=1S/C19H20F3NO4/c1-3-14(17(24)12-6-4-5-7-13(12)20)23-18(25)11-8-9-15(26-2)16(10-11)27-19(21)22/h4-10,14,17,19,24H,3H2,1-2H3,(H,23,25)/t14-,17-/m0/s1. The van der Waals surface area contributed by atoms with Crippen LogP contribution in [0.5, 0.6) is 11.5 Å². The van der Waals surface area contributed by atoms with E-state index in [1.54, 1.807) is 13.0 Å². The number of halogens is 3. The number of amides is 1. The van der Waals surface area contributed by atoms with Crippen molar-refractivity contribution in [3.8, 4) is 11.5 Å². The molecule has 0 aromatic heterocycles. The van der Waals surface area contributed by atoms with Crippen molar-refractivity contribution in [2.24, 2.45) is 0 Å². The average Bonchev–Trinajstić information content (AvgIpc) is 2.65. The highest BCUT2D eigenvalue weighted by Crippen LogP contribution is 2.30. The summed E-state index contributed by atoms with van der Waals surface area (Å²) in [6.45, 7) is -1.36. The molecule has 27 heavy (non-hydrogen) atoms. The van der Waals surface area contributed by atoms with Crippen molar-refractivity contribution < 1.29 is 32.5 Å². The highest BCUT2D eigenvalue weighted by molar-refractivity contribution is 5.95. The summed E-state index contributed by atoms with van der Waals surface area (Å²) in [6, 6.07) is 8.73. The summed E-state index contributed by atoms with van der Waals surface area (Å²) in [5.74, 6) is -1.46. The third kappa shape index (κ3) is 5.13. The normalized spacial score (nSPS) is 13.1. The first-order valence-electron chi connectivity index (χ1n) is 8.23. The van der Waals surface area contributed by atoms with Gasteiger partial charge in [0.2, 0.25) is 0 Å². The minimum Gasteiger partial charge on any atom is -0.493 e. The van der Waals surface area contributed by atoms with Crippen LogP contribution in [0.2, 0.25) is 0 Å². The van der Waals surface area contributed by atoms with E-state index in [2.05, 4.69) is 10.1 Å². The van der Waals surface area contributed by atoms with Crippen LogP contribution in [-0.2, 0) is 0 Å². The quantitative estimate of drug-likeness (QED) is 0.730. The van der Waals surface area contributed by atoms with E-state index < -0.39 is 30.5 Å². The van der Waals surface area contributed by atoms with E-state index in [-0.39, 0.29) is 22.6 Å². The number of aliphatic hydroxyl groups excluding tert-OH is 1. The van der Waals surface area contributed by atoms with Gasteiger partial charge in [0.05, 0.1) is 13.2 Å². The molecule has 2 rings (SSSR count). The van der Waals surface area contributed by atoms with Gasteiger partial charge in [-0.3, -0.25) is 4.79 Å². The molecule has 0 saturated heterocycles. The molecule has 2 aromatic carbocycles. The first kappa shape index (κ1) is 20.6. The minimum atomic E-state index is -3.08. The number of rotatable bonds is 8. The van der Waals surface area contributed by atoms with E-state index in [1.165, 1.54) is 37.4 Å². The zero-order valence-corrected chi connectivity index (χ0v) is 14.8. The highest BCUT2D eigenvalue weighted by atomic mass is 19.3. The molecular weight excluding hydrogens is 363 g/mol. The molecule has 0 aliphatic heterocycles. The monoisotopic (exact) mass is 383 g/mol. The van der Waals surface area contributed by atoms with Crippen molar-refractivity contribution in [2.75, 3.05) is 7.11 Å². The second-order valence-electron chi connectivity index (χ2n) is 5.70. The van der Waals surface area contributed by atoms with E-state index in [0.717, 1.165) is 6.07 Å². The van der Waals surface area contributed by atoms with Crippen molar-refractivity contribution in [2.45, 2.75) is 32.1 Å². The average molecular weight is 383 g/mol. The number of alkyl halides is 2. The summed E-state index contributed by atoms with van der Waals surface area (Å²) >= 11 is 0. The fraction of sp³-hybridized carbons (Fsp3) is 0.316. The molecule has 5 nitrogen and oxygen atoms in total. The molecule has 0 aliphatic carbocycles. The van der Waals surface area contributed by atoms with E-state index in [0.29, 0.717) is 6.42 Å². The lowest BCUT2D eigenvalue weighted by atomic mass is 9.99. The van der Waals surface area contributed by atoms with Crippen molar-refractivity contribution in [3.63, 3.8) is 0 Å². The van der Waals surface area contributed by atoms with Crippen LogP contribution in [-0.4, -0.2) is 30.8 Å². The molecular formula is C19H20F3NO4. The van der Waals surface area contributed by atoms with Gasteiger partial charge in [-0.15, -0.1) is 0 Å². The molecule has 146 valence electrons. The van der Waals surface area contributed by atoms with Gasteiger partial charge in [-0.2, -0.15) is 8.78 Å². The molecule has 2 atom stereocenters. The zero-order chi connectivity index (χ0) is 20.0. The molecule has 0 heterocycles. The van der Waals surface area contributed by atoms with Crippen LogP contribution in [0.1, 0.15) is 35.4 Å². The molecule has 0 aliphatic rings. The summed E-state index contributed by atoms with van der Waals surface area (Å²) in [5.41, 5.74) is 0.0896. The number of aliphatic hydroxyl groups is 1. The number of methoxy groups -OCH3 is 1. The predicted molar refractivity (Wildman–Crippen MR) is 92.5 cm³/mol. The van der Waals surface area contributed by atoms with Crippen LogP contribution < -0.4 is 14.8 Å². The maximum atomic E-state index is 13.9. The van der Waals surface area contributed by atoms with Gasteiger partial charge >= 0.3 is 6.61 Å². The Balaban J connectivity index is 2.20. The lowest BCUT2D eigenvalue weighted by molar-refractivity contribution is -0.0512. The lowest BCUT2D eigenvalue weighted by Crippen LogP contribution is -2.39. The molecule has 0 fully saturated rings. The fourth-order valence-corrected chi connectivity index (χ4v) is 2.59. The summed E-state index contributed by atoms with van der Waals surface area (Å²) in [4.78, 5) is 12.5. The Morgan fingerprint density at radius 3 is 2.48 bits per heavy atom. The number of carbonyl (C=O) groups is 1. The number of hydrogen-bond donors (Lipinski definition) is 2. The van der Waals surface area contributed by atoms with Gasteiger partial charge in [0.15, 0.2) is 11.5 Å². The van der Waals surface area contributed by atoms with Gasteiger partial charge in [-0.25, -0.2) is 4.39 Å². The lowest BCUT2D eigenvalue weighted by Gasteiger charge is -2.24. The van der Waals surface area contributed by atoms with Crippen molar-refractivity contribution in [1.29, 1.82) is 0 Å². The molecule has 0 bridgehead atoms. The molecule has 0 saturated carbocycles. The summed E-state index contributed by atoms with van der Waals surface area (Å²) < 4.78 is 48.2. The van der Waals surface area contributed by atoms with Crippen molar-refractivity contribution in [3.05, 3.63) is 59.4 Å². The SMILES string of the molecule is CC[C@H](NC(=O)c1ccc(OC)c(OC(F)F)c1)[C@@H](O)c1ccccc1F. The number of carbonyl (C=O) groups excluding carboxylic acids is 1. The summed E-state index contributed by atoms with van der Waals surface area (Å²) in [5, 5.41) is 13.0. The van der Waals surface area contributed by atoms with Crippen LogP contribution in [0.25, 0.3) is 0 Å². The van der Waals surface area contributed by atoms with Crippen LogP contribution >= 0.6 is 0 Å². The van der Waals surface area contributed by atoms with Gasteiger partial charge in [0, 0.05) is 11.1 Å². The summed E-state index contributed by atoms with van der Waals surface area (Å²) in [7, 11) is 1.28. The molecule has 1 amide bonds. The molecule has 0 radical (unpaired) electrons. The fourth-order valence-electron chi connectivity index (χ4n) is 2.59. The maximum absolute atomic E-state index is 13.9. The Kier molecular flexibility index (Phi) is 7.06. The topological polar surface area (TPSA) is 67.8 Å². The third-order valence-corrected chi connectivity index (χ3v) is 4.00. The van der Waals surface area contributed by atoms with Crippen LogP contribution in [0, 0.1) is 5.82 Å². The number of ether oxygens (including phenoxy) is 2. The number of nitrogens with one attached hydrogen (secondary N) is 1. The van der Waals surface area contributed by atoms with Gasteiger partial charge in [0.1, 0.15) is 11.9 Å². The van der Waals surface area contributed by atoms with Crippen molar-refractivity contribution >= 4 is 5.91 Å². The van der Waals surface area contributed by atoms with Crippen LogP contribution in [0.3, 0.4) is 0 Å². The van der Waals surface area contributed by atoms with E-state index >= 15 is 0 Å². The van der Waals surface area contributed by atoms with Gasteiger partial charge in [-0.05, 0) is 30.7 Å². The van der Waals surface area contributed by atoms with E-state index in [4.69, 9.17) is 4.74 Å². The highest BCUT2D eigenvalue weighted by Gasteiger charge is 2.24. The van der Waals surface area contributed by atoms with Gasteiger partial charge < -0.3 is 19.9 Å². The smallest absolute Gasteiger partial charge is 0.387 e. The zero-order valence-electron chi connectivity index (χ0n) is 14.8. The van der Waals surface area contributed by atoms with Crippen LogP contribution in [0.4, 0.5) is 13.2 Å². The maximum Gasteiger partial charge on any atom is 0.387 e. The predicted octanol–water partition coefficient (Wildman–Crippen LogP) is 3.68. The minimum absolute atomic E-state index is 0.0330. The first-order valence-corrected chi connectivity index (χ1v) is 8.23. The Labute approximate surface area is 154 Å². The molecule has 2 aromatic rings. The Hall–Kier alpha value is -2.74. The molecule has 0 spiro atoms. The summed E-state index contributed by atoms with van der Waals surface area (Å²) in [6.07, 6.45) is -0.951. The van der Waals surface area contributed by atoms with Gasteiger partial charge in [0.25, 0.3) is 5.91 Å². The Morgan fingerprint density at radius 2 is 1.89 bits per heavy atom. The van der Waals surface area contributed by atoms with Crippen molar-refractivity contribution in [1.82, 2.24) is 5.32 Å².